The molecule has 0 saturated heterocycles. The summed E-state index contributed by atoms with van der Waals surface area (Å²) in [4.78, 5) is 42.6. The molecular weight excluding hydrogens is 516 g/mol. The largest absolute Gasteiger partial charge is 0.508 e. The van der Waals surface area contributed by atoms with Gasteiger partial charge in [0.15, 0.2) is 17.2 Å². The molecule has 1 saturated carbocycles. The molecule has 3 aliphatic rings. The van der Waals surface area contributed by atoms with E-state index in [0.717, 1.165) is 19.9 Å². The molecule has 5 N–H and O–H groups in total. The minimum absolute atomic E-state index is 0.0312. The van der Waals surface area contributed by atoms with E-state index in [1.165, 1.54) is 0 Å². The summed E-state index contributed by atoms with van der Waals surface area (Å²) >= 11 is 0. The van der Waals surface area contributed by atoms with Crippen LogP contribution in [0.2, 0.25) is 0 Å². The lowest BCUT2D eigenvalue weighted by atomic mass is 9.55. The molecule has 5 unspecified atom stereocenters. The number of aromatic hydroxyl groups is 1. The van der Waals surface area contributed by atoms with Gasteiger partial charge >= 0.3 is 0 Å². The number of carbonyl (C=O) groups is 3. The highest BCUT2D eigenvalue weighted by Crippen LogP contribution is 2.56. The van der Waals surface area contributed by atoms with Crippen LogP contribution in [0.15, 0.2) is 47.8 Å². The van der Waals surface area contributed by atoms with Gasteiger partial charge in [-0.05, 0) is 36.7 Å². The van der Waals surface area contributed by atoms with Gasteiger partial charge in [-0.15, -0.1) is 0 Å². The van der Waals surface area contributed by atoms with Gasteiger partial charge in [0.25, 0.3) is 0 Å². The van der Waals surface area contributed by atoms with Crippen LogP contribution in [0.5, 0.6) is 5.75 Å². The SMILES string of the molecule is CC(=O)C1=C(O)C2(O)C(=O)C3=C(O)c4c(ccc(C(C)(C)CCCn5ccnc5)c4O)C(C)C3C(O)C2CC1=O. The van der Waals surface area contributed by atoms with Crippen molar-refractivity contribution in [3.63, 3.8) is 0 Å². The molecule has 212 valence electrons. The second-order valence-electron chi connectivity index (χ2n) is 11.9. The molecule has 0 radical (unpaired) electrons. The number of aryl methyl sites for hydroxylation is 1. The van der Waals surface area contributed by atoms with Gasteiger partial charge in [-0.1, -0.05) is 32.9 Å². The zero-order chi connectivity index (χ0) is 29.3. The number of carbonyl (C=O) groups excluding carboxylic acids is 3. The summed E-state index contributed by atoms with van der Waals surface area (Å²) in [6.45, 7) is 7.43. The number of phenolic OH excluding ortho intramolecular Hbond substituents is 1. The third kappa shape index (κ3) is 3.84. The summed E-state index contributed by atoms with van der Waals surface area (Å²) in [6, 6.07) is 3.54. The van der Waals surface area contributed by atoms with Gasteiger partial charge in [0.05, 0.1) is 18.0 Å². The van der Waals surface area contributed by atoms with Crippen molar-refractivity contribution in [3.05, 3.63) is 64.4 Å². The molecule has 1 heterocycles. The molecule has 5 atom stereocenters. The minimum atomic E-state index is -2.77. The van der Waals surface area contributed by atoms with Crippen molar-refractivity contribution in [2.24, 2.45) is 11.8 Å². The highest BCUT2D eigenvalue weighted by molar-refractivity contribution is 6.23. The van der Waals surface area contributed by atoms with Crippen LogP contribution in [-0.2, 0) is 26.3 Å². The van der Waals surface area contributed by atoms with Crippen LogP contribution in [0.25, 0.3) is 5.76 Å². The number of aliphatic hydroxyl groups excluding tert-OH is 3. The predicted molar refractivity (Wildman–Crippen MR) is 143 cm³/mol. The summed E-state index contributed by atoms with van der Waals surface area (Å²) < 4.78 is 1.96. The molecule has 0 bridgehead atoms. The lowest BCUT2D eigenvalue weighted by molar-refractivity contribution is -0.160. The monoisotopic (exact) mass is 550 g/mol. The Morgan fingerprint density at radius 3 is 2.52 bits per heavy atom. The molecule has 1 aromatic heterocycles. The third-order valence-corrected chi connectivity index (χ3v) is 9.11. The number of allylic oxidation sites excluding steroid dienone is 1. The molecule has 0 spiro atoms. The highest BCUT2D eigenvalue weighted by atomic mass is 16.4. The van der Waals surface area contributed by atoms with E-state index in [1.54, 1.807) is 31.6 Å². The van der Waals surface area contributed by atoms with Crippen LogP contribution >= 0.6 is 0 Å². The molecule has 3 aliphatic carbocycles. The number of ketones is 3. The summed E-state index contributed by atoms with van der Waals surface area (Å²) in [5, 5.41) is 56.7. The molecule has 10 nitrogen and oxygen atoms in total. The number of Topliss-reactive ketones (excluding diaryl/α,β-unsaturated/α-hetero) is 3. The number of aromatic nitrogens is 2. The fourth-order valence-corrected chi connectivity index (χ4v) is 6.91. The third-order valence-electron chi connectivity index (χ3n) is 9.11. The lowest BCUT2D eigenvalue weighted by Crippen LogP contribution is -2.63. The van der Waals surface area contributed by atoms with E-state index in [4.69, 9.17) is 0 Å². The van der Waals surface area contributed by atoms with Crippen LogP contribution < -0.4 is 0 Å². The van der Waals surface area contributed by atoms with Gasteiger partial charge in [0.2, 0.25) is 5.78 Å². The Morgan fingerprint density at radius 1 is 1.20 bits per heavy atom. The lowest BCUT2D eigenvalue weighted by Gasteiger charge is -2.50. The smallest absolute Gasteiger partial charge is 0.202 e. The Bertz CT molecular complexity index is 1490. The van der Waals surface area contributed by atoms with Crippen LogP contribution in [-0.4, -0.2) is 64.1 Å². The molecule has 10 heteroatoms. The molecule has 5 rings (SSSR count). The minimum Gasteiger partial charge on any atom is -0.508 e. The van der Waals surface area contributed by atoms with Crippen LogP contribution in [0.1, 0.15) is 69.6 Å². The summed E-state index contributed by atoms with van der Waals surface area (Å²) in [5.74, 6) is -7.64. The zero-order valence-corrected chi connectivity index (χ0v) is 22.9. The van der Waals surface area contributed by atoms with E-state index in [-0.39, 0.29) is 16.9 Å². The average Bonchev–Trinajstić information content (AvgIpc) is 3.39. The standard InChI is InChI=1S/C30H34N2O8/c1-14-16-6-7-17(29(3,4)8-5-10-32-11-9-31-13-32)24(35)22(16)26(37)23-20(14)25(36)18-12-19(34)21(15(2)33)27(38)30(18,40)28(23)39/h6-7,9,11,13-14,18,20,25,35-38,40H,5,8,10,12H2,1-4H3. The molecule has 2 aromatic rings. The first-order chi connectivity index (χ1) is 18.7. The van der Waals surface area contributed by atoms with Crippen LogP contribution in [0.3, 0.4) is 0 Å². The normalized spacial score (nSPS) is 28.4. The first kappa shape index (κ1) is 27.8. The number of rotatable bonds is 6. The fraction of sp³-hybridized carbons (Fsp3) is 0.467. The fourth-order valence-electron chi connectivity index (χ4n) is 6.91. The molecule has 0 aliphatic heterocycles. The summed E-state index contributed by atoms with van der Waals surface area (Å²) in [6.07, 6.45) is 4.74. The Kier molecular flexibility index (Phi) is 6.54. The number of nitrogens with zero attached hydrogens (tertiary/aromatic N) is 2. The number of imidazole rings is 1. The van der Waals surface area contributed by atoms with Gasteiger partial charge in [-0.25, -0.2) is 4.98 Å². The Balaban J connectivity index is 1.60. The first-order valence-corrected chi connectivity index (χ1v) is 13.4. The van der Waals surface area contributed by atoms with Crippen LogP contribution in [0.4, 0.5) is 0 Å². The topological polar surface area (TPSA) is 170 Å². The van der Waals surface area contributed by atoms with Crippen molar-refractivity contribution in [1.82, 2.24) is 9.55 Å². The molecule has 0 amide bonds. The summed E-state index contributed by atoms with van der Waals surface area (Å²) in [7, 11) is 0. The van der Waals surface area contributed by atoms with E-state index < -0.39 is 75.7 Å². The number of benzene rings is 1. The van der Waals surface area contributed by atoms with Gasteiger partial charge in [0, 0.05) is 48.3 Å². The van der Waals surface area contributed by atoms with Crippen molar-refractivity contribution in [2.75, 3.05) is 0 Å². The molecule has 1 aromatic carbocycles. The first-order valence-electron chi connectivity index (χ1n) is 13.4. The number of hydrogen-bond donors (Lipinski definition) is 5. The van der Waals surface area contributed by atoms with Crippen molar-refractivity contribution in [1.29, 1.82) is 0 Å². The van der Waals surface area contributed by atoms with Gasteiger partial charge in [-0.2, -0.15) is 0 Å². The maximum atomic E-state index is 13.9. The zero-order valence-electron chi connectivity index (χ0n) is 22.9. The molecule has 1 fully saturated rings. The second kappa shape index (κ2) is 9.42. The van der Waals surface area contributed by atoms with Crippen molar-refractivity contribution < 1.29 is 39.9 Å². The van der Waals surface area contributed by atoms with E-state index in [9.17, 15) is 39.9 Å². The molecular formula is C30H34N2O8. The van der Waals surface area contributed by atoms with E-state index >= 15 is 0 Å². The number of phenols is 1. The average molecular weight is 551 g/mol. The number of fused-ring (bicyclic) bond motifs is 3. The summed E-state index contributed by atoms with van der Waals surface area (Å²) in [5.41, 5.74) is -3.24. The Hall–Kier alpha value is -3.76. The van der Waals surface area contributed by atoms with Gasteiger partial charge < -0.3 is 30.1 Å². The van der Waals surface area contributed by atoms with Crippen molar-refractivity contribution in [3.8, 4) is 5.75 Å². The maximum absolute atomic E-state index is 13.9. The van der Waals surface area contributed by atoms with E-state index in [0.29, 0.717) is 17.5 Å². The van der Waals surface area contributed by atoms with Gasteiger partial charge in [0.1, 0.15) is 22.8 Å². The highest BCUT2D eigenvalue weighted by Gasteiger charge is 2.64. The molecule has 40 heavy (non-hydrogen) atoms. The van der Waals surface area contributed by atoms with Crippen molar-refractivity contribution >= 4 is 23.1 Å². The quantitative estimate of drug-likeness (QED) is 0.339. The number of hydrogen-bond acceptors (Lipinski definition) is 9. The second-order valence-corrected chi connectivity index (χ2v) is 11.9. The Morgan fingerprint density at radius 2 is 1.90 bits per heavy atom. The van der Waals surface area contributed by atoms with Crippen LogP contribution in [0, 0.1) is 11.8 Å². The van der Waals surface area contributed by atoms with Crippen molar-refractivity contribution in [2.45, 2.75) is 76.5 Å². The number of aliphatic hydroxyl groups is 4. The maximum Gasteiger partial charge on any atom is 0.202 e. The van der Waals surface area contributed by atoms with E-state index in [1.807, 2.05) is 24.6 Å². The van der Waals surface area contributed by atoms with Gasteiger partial charge in [-0.3, -0.25) is 14.4 Å². The predicted octanol–water partition coefficient (Wildman–Crippen LogP) is 3.01. The Labute approximate surface area is 231 Å². The van der Waals surface area contributed by atoms with E-state index in [2.05, 4.69) is 4.98 Å².